The number of hydrogen-bond donors (Lipinski definition) is 1. The molecule has 1 aliphatic heterocycles. The summed E-state index contributed by atoms with van der Waals surface area (Å²) in [7, 11) is 2.15. The summed E-state index contributed by atoms with van der Waals surface area (Å²) >= 11 is 5.23. The van der Waals surface area contributed by atoms with Gasteiger partial charge in [-0.3, -0.25) is 0 Å². The van der Waals surface area contributed by atoms with Crippen molar-refractivity contribution in [2.24, 2.45) is 0 Å². The number of nitrogens with one attached hydrogen (secondary N) is 1. The van der Waals surface area contributed by atoms with Crippen molar-refractivity contribution in [3.8, 4) is 0 Å². The van der Waals surface area contributed by atoms with Crippen LogP contribution in [0.5, 0.6) is 0 Å². The molecule has 0 aliphatic carbocycles. The number of likely N-dealkylation sites (N-methyl/N-ethyl adjacent to an activating group) is 1. The molecule has 0 atom stereocenters. The van der Waals surface area contributed by atoms with Crippen molar-refractivity contribution in [2.45, 2.75) is 19.8 Å². The van der Waals surface area contributed by atoms with Crippen molar-refractivity contribution in [3.05, 3.63) is 16.4 Å². The molecule has 2 heterocycles. The highest BCUT2D eigenvalue weighted by Gasteiger charge is 2.16. The van der Waals surface area contributed by atoms with Crippen LogP contribution in [0, 0.1) is 4.64 Å². The predicted molar refractivity (Wildman–Crippen MR) is 73.2 cm³/mol. The van der Waals surface area contributed by atoms with E-state index in [2.05, 4.69) is 40.7 Å². The van der Waals surface area contributed by atoms with Gasteiger partial charge in [0, 0.05) is 31.9 Å². The van der Waals surface area contributed by atoms with Gasteiger partial charge in [0.1, 0.15) is 4.64 Å². The van der Waals surface area contributed by atoms with Gasteiger partial charge >= 0.3 is 0 Å². The fraction of sp³-hybridized carbons (Fsp3) is 0.667. The average molecular weight is 252 g/mol. The molecule has 1 saturated heterocycles. The number of hydrogen-bond acceptors (Lipinski definition) is 4. The largest absolute Gasteiger partial charge is 0.340 e. The van der Waals surface area contributed by atoms with Crippen molar-refractivity contribution < 1.29 is 0 Å². The SMILES string of the molecule is CC(C)c1cc(=S)nc(N2CCN(C)CC2)[nH]1. The Morgan fingerprint density at radius 3 is 2.53 bits per heavy atom. The normalized spacial score (nSPS) is 17.8. The van der Waals surface area contributed by atoms with Gasteiger partial charge in [-0.05, 0) is 19.0 Å². The first-order valence-corrected chi connectivity index (χ1v) is 6.52. The molecule has 1 aromatic rings. The lowest BCUT2D eigenvalue weighted by Crippen LogP contribution is -2.45. The number of H-pyrrole nitrogens is 1. The standard InChI is InChI=1S/C12H20N4S/c1-9(2)10-8-11(17)14-12(13-10)16-6-4-15(3)5-7-16/h8-9H,4-7H2,1-3H3,(H,13,14,17). The zero-order valence-electron chi connectivity index (χ0n) is 10.7. The first-order chi connectivity index (χ1) is 8.06. The van der Waals surface area contributed by atoms with Crippen LogP contribution < -0.4 is 4.90 Å². The van der Waals surface area contributed by atoms with Crippen LogP contribution >= 0.6 is 12.2 Å². The molecule has 0 unspecified atom stereocenters. The van der Waals surface area contributed by atoms with Crippen molar-refractivity contribution in [2.75, 3.05) is 38.1 Å². The van der Waals surface area contributed by atoms with Gasteiger partial charge in [-0.1, -0.05) is 26.1 Å². The zero-order chi connectivity index (χ0) is 12.4. The van der Waals surface area contributed by atoms with Gasteiger partial charge in [0.05, 0.1) is 0 Å². The maximum atomic E-state index is 5.23. The van der Waals surface area contributed by atoms with Gasteiger partial charge in [0.25, 0.3) is 0 Å². The highest BCUT2D eigenvalue weighted by Crippen LogP contribution is 2.16. The van der Waals surface area contributed by atoms with Crippen molar-refractivity contribution in [3.63, 3.8) is 0 Å². The average Bonchev–Trinajstić information content (AvgIpc) is 2.29. The molecule has 2 rings (SSSR count). The third-order valence-corrected chi connectivity index (χ3v) is 3.39. The van der Waals surface area contributed by atoms with Crippen LogP contribution in [0.2, 0.25) is 0 Å². The Balaban J connectivity index is 2.23. The molecule has 1 aromatic heterocycles. The van der Waals surface area contributed by atoms with E-state index >= 15 is 0 Å². The summed E-state index contributed by atoms with van der Waals surface area (Å²) in [4.78, 5) is 12.4. The number of rotatable bonds is 2. The molecule has 4 nitrogen and oxygen atoms in total. The monoisotopic (exact) mass is 252 g/mol. The molecular weight excluding hydrogens is 232 g/mol. The van der Waals surface area contributed by atoms with E-state index in [4.69, 9.17) is 12.2 Å². The van der Waals surface area contributed by atoms with E-state index in [1.807, 2.05) is 6.07 Å². The molecule has 0 spiro atoms. The lowest BCUT2D eigenvalue weighted by atomic mass is 10.1. The van der Waals surface area contributed by atoms with Crippen LogP contribution in [0.4, 0.5) is 5.95 Å². The molecule has 0 aromatic carbocycles. The summed E-state index contributed by atoms with van der Waals surface area (Å²) in [5.74, 6) is 1.38. The Kier molecular flexibility index (Phi) is 3.79. The van der Waals surface area contributed by atoms with E-state index in [1.165, 1.54) is 5.69 Å². The van der Waals surface area contributed by atoms with Gasteiger partial charge in [-0.25, -0.2) is 4.98 Å². The van der Waals surface area contributed by atoms with Crippen LogP contribution in [0.25, 0.3) is 0 Å². The summed E-state index contributed by atoms with van der Waals surface area (Å²) in [6.45, 7) is 8.50. The molecule has 0 bridgehead atoms. The second-order valence-corrected chi connectivity index (χ2v) is 5.36. The molecule has 5 heteroatoms. The Bertz CT molecular complexity index is 432. The van der Waals surface area contributed by atoms with E-state index in [0.717, 1.165) is 32.1 Å². The first kappa shape index (κ1) is 12.5. The lowest BCUT2D eigenvalue weighted by molar-refractivity contribution is 0.311. The molecule has 0 radical (unpaired) electrons. The van der Waals surface area contributed by atoms with Gasteiger partial charge in [-0.15, -0.1) is 0 Å². The molecule has 17 heavy (non-hydrogen) atoms. The maximum Gasteiger partial charge on any atom is 0.204 e. The van der Waals surface area contributed by atoms with E-state index in [-0.39, 0.29) is 0 Å². The molecule has 1 fully saturated rings. The number of nitrogens with zero attached hydrogens (tertiary/aromatic N) is 3. The number of aromatic nitrogens is 2. The summed E-state index contributed by atoms with van der Waals surface area (Å²) in [5.41, 5.74) is 1.17. The van der Waals surface area contributed by atoms with E-state index in [9.17, 15) is 0 Å². The fourth-order valence-corrected chi connectivity index (χ4v) is 2.16. The minimum atomic E-state index is 0.450. The second kappa shape index (κ2) is 5.14. The van der Waals surface area contributed by atoms with Crippen molar-refractivity contribution in [1.82, 2.24) is 14.9 Å². The molecular formula is C12H20N4S. The minimum Gasteiger partial charge on any atom is -0.340 e. The summed E-state index contributed by atoms with van der Waals surface area (Å²) in [6.07, 6.45) is 0. The molecule has 1 N–H and O–H groups in total. The van der Waals surface area contributed by atoms with Gasteiger partial charge in [0.2, 0.25) is 5.95 Å². The Morgan fingerprint density at radius 2 is 1.94 bits per heavy atom. The van der Waals surface area contributed by atoms with E-state index in [1.54, 1.807) is 0 Å². The minimum absolute atomic E-state index is 0.450. The number of anilines is 1. The first-order valence-electron chi connectivity index (χ1n) is 6.11. The third-order valence-electron chi connectivity index (χ3n) is 3.18. The van der Waals surface area contributed by atoms with Crippen LogP contribution in [0.3, 0.4) is 0 Å². The number of aromatic amines is 1. The predicted octanol–water partition coefficient (Wildman–Crippen LogP) is 2.01. The molecule has 1 aliphatic rings. The van der Waals surface area contributed by atoms with Crippen LogP contribution in [-0.2, 0) is 0 Å². The smallest absolute Gasteiger partial charge is 0.204 e. The third kappa shape index (κ3) is 3.04. The van der Waals surface area contributed by atoms with Gasteiger partial charge in [-0.2, -0.15) is 0 Å². The fourth-order valence-electron chi connectivity index (χ4n) is 1.94. The highest BCUT2D eigenvalue weighted by molar-refractivity contribution is 7.71. The topological polar surface area (TPSA) is 35.2 Å². The van der Waals surface area contributed by atoms with Crippen molar-refractivity contribution in [1.29, 1.82) is 0 Å². The quantitative estimate of drug-likeness (QED) is 0.817. The summed E-state index contributed by atoms with van der Waals surface area (Å²) in [5, 5.41) is 0. The molecule has 0 amide bonds. The summed E-state index contributed by atoms with van der Waals surface area (Å²) in [6, 6.07) is 1.96. The summed E-state index contributed by atoms with van der Waals surface area (Å²) < 4.78 is 0.682. The van der Waals surface area contributed by atoms with Crippen LogP contribution in [-0.4, -0.2) is 48.1 Å². The lowest BCUT2D eigenvalue weighted by Gasteiger charge is -2.33. The van der Waals surface area contributed by atoms with Crippen LogP contribution in [0.15, 0.2) is 6.07 Å². The zero-order valence-corrected chi connectivity index (χ0v) is 11.5. The van der Waals surface area contributed by atoms with E-state index in [0.29, 0.717) is 10.6 Å². The van der Waals surface area contributed by atoms with Gasteiger partial charge in [0.15, 0.2) is 0 Å². The Hall–Kier alpha value is -0.940. The van der Waals surface area contributed by atoms with Crippen molar-refractivity contribution >= 4 is 18.2 Å². The van der Waals surface area contributed by atoms with E-state index < -0.39 is 0 Å². The molecule has 0 saturated carbocycles. The number of piperazine rings is 1. The second-order valence-electron chi connectivity index (χ2n) is 4.94. The highest BCUT2D eigenvalue weighted by atomic mass is 32.1. The Morgan fingerprint density at radius 1 is 1.29 bits per heavy atom. The molecule has 94 valence electrons. The maximum absolute atomic E-state index is 5.23. The van der Waals surface area contributed by atoms with Gasteiger partial charge < -0.3 is 14.8 Å². The Labute approximate surface area is 108 Å². The van der Waals surface area contributed by atoms with Crippen LogP contribution in [0.1, 0.15) is 25.5 Å².